The molecular weight excluding hydrogens is 396 g/mol. The normalized spacial score (nSPS) is 19.4. The lowest BCUT2D eigenvalue weighted by Gasteiger charge is -2.25. The number of nitrogens with two attached hydrogens (primary N) is 1. The first-order chi connectivity index (χ1) is 12.4. The summed E-state index contributed by atoms with van der Waals surface area (Å²) >= 11 is 1.39. The van der Waals surface area contributed by atoms with Gasteiger partial charge in [0.15, 0.2) is 5.13 Å². The Morgan fingerprint density at radius 1 is 1.33 bits per heavy atom. The molecule has 5 nitrogen and oxygen atoms in total. The van der Waals surface area contributed by atoms with Crippen molar-refractivity contribution in [1.82, 2.24) is 4.98 Å². The largest absolute Gasteiger partial charge is 0.435 e. The number of nitrogens with zero attached hydrogens (tertiary/aromatic N) is 1. The van der Waals surface area contributed by atoms with Crippen molar-refractivity contribution < 1.29 is 18.3 Å². The number of aromatic nitrogens is 1. The first-order valence-electron chi connectivity index (χ1n) is 8.51. The lowest BCUT2D eigenvalue weighted by Crippen LogP contribution is -2.34. The zero-order valence-corrected chi connectivity index (χ0v) is 16.4. The number of rotatable bonds is 5. The van der Waals surface area contributed by atoms with Gasteiger partial charge in [-0.25, -0.2) is 4.98 Å². The number of ether oxygens (including phenoxy) is 1. The minimum atomic E-state index is -2.85. The van der Waals surface area contributed by atoms with Crippen molar-refractivity contribution in [3.63, 3.8) is 0 Å². The SMILES string of the molecule is Cc1sc(NC(=O)C2CCCC(N)C2)nc1-c1ccc(OC(F)F)cc1.Cl. The monoisotopic (exact) mass is 417 g/mol. The molecule has 1 amide bonds. The maximum Gasteiger partial charge on any atom is 0.387 e. The van der Waals surface area contributed by atoms with Crippen molar-refractivity contribution in [1.29, 1.82) is 0 Å². The minimum absolute atomic E-state index is 0. The van der Waals surface area contributed by atoms with Crippen LogP contribution < -0.4 is 15.8 Å². The fourth-order valence-corrected chi connectivity index (χ4v) is 4.02. The Bertz CT molecular complexity index is 770. The highest BCUT2D eigenvalue weighted by Gasteiger charge is 2.26. The predicted molar refractivity (Wildman–Crippen MR) is 105 cm³/mol. The van der Waals surface area contributed by atoms with E-state index in [0.29, 0.717) is 17.2 Å². The van der Waals surface area contributed by atoms with E-state index in [9.17, 15) is 13.6 Å². The van der Waals surface area contributed by atoms with Crippen LogP contribution in [0.2, 0.25) is 0 Å². The molecule has 0 bridgehead atoms. The van der Waals surface area contributed by atoms with E-state index in [-0.39, 0.29) is 36.0 Å². The summed E-state index contributed by atoms with van der Waals surface area (Å²) in [5, 5.41) is 3.43. The van der Waals surface area contributed by atoms with Crippen molar-refractivity contribution in [3.8, 4) is 17.0 Å². The molecule has 0 saturated heterocycles. The van der Waals surface area contributed by atoms with E-state index in [2.05, 4.69) is 15.0 Å². The molecule has 27 heavy (non-hydrogen) atoms. The highest BCUT2D eigenvalue weighted by atomic mass is 35.5. The molecule has 0 aliphatic heterocycles. The summed E-state index contributed by atoms with van der Waals surface area (Å²) in [5.74, 6) is -0.0166. The topological polar surface area (TPSA) is 77.2 Å². The Morgan fingerprint density at radius 3 is 2.67 bits per heavy atom. The van der Waals surface area contributed by atoms with E-state index in [1.165, 1.54) is 23.5 Å². The molecule has 1 aromatic carbocycles. The highest BCUT2D eigenvalue weighted by molar-refractivity contribution is 7.16. The fraction of sp³-hybridized carbons (Fsp3) is 0.444. The maximum absolute atomic E-state index is 12.4. The second-order valence-corrected chi connectivity index (χ2v) is 7.64. The standard InChI is InChI=1S/C18H21F2N3O2S.ClH/c1-10-15(11-5-7-14(8-6-11)25-17(19)20)22-18(26-10)23-16(24)12-3-2-4-13(21)9-12;/h5-8,12-13,17H,2-4,9,21H2,1H3,(H,22,23,24);1H. The van der Waals surface area contributed by atoms with Gasteiger partial charge in [0.25, 0.3) is 0 Å². The second-order valence-electron chi connectivity index (χ2n) is 6.44. The van der Waals surface area contributed by atoms with Crippen molar-refractivity contribution in [3.05, 3.63) is 29.1 Å². The number of hydrogen-bond donors (Lipinski definition) is 2. The van der Waals surface area contributed by atoms with Crippen LogP contribution in [0.15, 0.2) is 24.3 Å². The Labute approximate surface area is 166 Å². The number of amides is 1. The van der Waals surface area contributed by atoms with Gasteiger partial charge in [-0.3, -0.25) is 4.79 Å². The lowest BCUT2D eigenvalue weighted by molar-refractivity contribution is -0.120. The number of aryl methyl sites for hydroxylation is 1. The smallest absolute Gasteiger partial charge is 0.387 e. The van der Waals surface area contributed by atoms with Gasteiger partial charge < -0.3 is 15.8 Å². The van der Waals surface area contributed by atoms with E-state index in [1.807, 2.05) is 6.92 Å². The van der Waals surface area contributed by atoms with Gasteiger partial charge in [-0.05, 0) is 50.5 Å². The van der Waals surface area contributed by atoms with Crippen LogP contribution in [0.25, 0.3) is 11.3 Å². The average molecular weight is 418 g/mol. The second kappa shape index (κ2) is 9.43. The lowest BCUT2D eigenvalue weighted by atomic mass is 9.86. The Morgan fingerprint density at radius 2 is 2.04 bits per heavy atom. The van der Waals surface area contributed by atoms with Crippen molar-refractivity contribution in [2.75, 3.05) is 5.32 Å². The molecule has 2 unspecified atom stereocenters. The Balaban J connectivity index is 0.00000261. The fourth-order valence-electron chi connectivity index (χ4n) is 3.19. The van der Waals surface area contributed by atoms with Crippen LogP contribution in [-0.2, 0) is 4.79 Å². The van der Waals surface area contributed by atoms with E-state index in [1.54, 1.807) is 12.1 Å². The molecule has 1 aliphatic rings. The molecule has 1 aliphatic carbocycles. The summed E-state index contributed by atoms with van der Waals surface area (Å²) in [4.78, 5) is 17.9. The number of carbonyl (C=O) groups excluding carboxylic acids is 1. The number of hydrogen-bond acceptors (Lipinski definition) is 5. The predicted octanol–water partition coefficient (Wildman–Crippen LogP) is 4.60. The summed E-state index contributed by atoms with van der Waals surface area (Å²) in [6, 6.07) is 6.38. The number of carbonyl (C=O) groups is 1. The van der Waals surface area contributed by atoms with Gasteiger partial charge >= 0.3 is 6.61 Å². The molecule has 0 radical (unpaired) electrons. The van der Waals surface area contributed by atoms with Crippen molar-refractivity contribution in [2.45, 2.75) is 45.3 Å². The third-order valence-electron chi connectivity index (χ3n) is 4.47. The molecule has 1 saturated carbocycles. The third-order valence-corrected chi connectivity index (χ3v) is 5.35. The van der Waals surface area contributed by atoms with Crippen LogP contribution in [0.3, 0.4) is 0 Å². The van der Waals surface area contributed by atoms with Crippen LogP contribution in [-0.4, -0.2) is 23.5 Å². The molecule has 1 heterocycles. The van der Waals surface area contributed by atoms with Crippen LogP contribution in [0.1, 0.15) is 30.6 Å². The molecule has 3 rings (SSSR count). The zero-order valence-electron chi connectivity index (χ0n) is 14.8. The molecule has 1 fully saturated rings. The summed E-state index contributed by atoms with van der Waals surface area (Å²) < 4.78 is 28.8. The molecule has 148 valence electrons. The maximum atomic E-state index is 12.4. The summed E-state index contributed by atoms with van der Waals surface area (Å²) in [6.07, 6.45) is 3.49. The first kappa shape index (κ1) is 21.5. The van der Waals surface area contributed by atoms with Crippen LogP contribution in [0.4, 0.5) is 13.9 Å². The van der Waals surface area contributed by atoms with Gasteiger partial charge in [0.1, 0.15) is 5.75 Å². The van der Waals surface area contributed by atoms with Crippen molar-refractivity contribution >= 4 is 34.8 Å². The minimum Gasteiger partial charge on any atom is -0.435 e. The summed E-state index contributed by atoms with van der Waals surface area (Å²) in [7, 11) is 0. The van der Waals surface area contributed by atoms with Crippen molar-refractivity contribution in [2.24, 2.45) is 11.7 Å². The molecule has 3 N–H and O–H groups in total. The van der Waals surface area contributed by atoms with Gasteiger partial charge in [0.2, 0.25) is 5.91 Å². The molecule has 0 spiro atoms. The van der Waals surface area contributed by atoms with E-state index in [0.717, 1.165) is 29.7 Å². The zero-order chi connectivity index (χ0) is 18.7. The number of halogens is 3. The molecular formula is C18H22ClF2N3O2S. The number of alkyl halides is 2. The molecule has 2 atom stereocenters. The van der Waals surface area contributed by atoms with Gasteiger partial charge in [-0.15, -0.1) is 23.7 Å². The highest BCUT2D eigenvalue weighted by Crippen LogP contribution is 2.32. The number of benzene rings is 1. The third kappa shape index (κ3) is 5.60. The Kier molecular flexibility index (Phi) is 7.52. The van der Waals surface area contributed by atoms with Crippen LogP contribution in [0, 0.1) is 12.8 Å². The summed E-state index contributed by atoms with van der Waals surface area (Å²) in [5.41, 5.74) is 7.45. The van der Waals surface area contributed by atoms with E-state index >= 15 is 0 Å². The summed E-state index contributed by atoms with van der Waals surface area (Å²) in [6.45, 7) is -0.945. The average Bonchev–Trinajstić information content (AvgIpc) is 2.95. The van der Waals surface area contributed by atoms with Gasteiger partial charge in [0.05, 0.1) is 5.69 Å². The quantitative estimate of drug-likeness (QED) is 0.745. The molecule has 9 heteroatoms. The molecule has 2 aromatic rings. The molecule has 1 aromatic heterocycles. The van der Waals surface area contributed by atoms with Gasteiger partial charge in [0, 0.05) is 22.4 Å². The number of nitrogens with one attached hydrogen (secondary N) is 1. The van der Waals surface area contributed by atoms with Crippen LogP contribution in [0.5, 0.6) is 5.75 Å². The van der Waals surface area contributed by atoms with Gasteiger partial charge in [-0.2, -0.15) is 8.78 Å². The van der Waals surface area contributed by atoms with Gasteiger partial charge in [-0.1, -0.05) is 6.42 Å². The van der Waals surface area contributed by atoms with E-state index < -0.39 is 6.61 Å². The number of thiazole rings is 1. The van der Waals surface area contributed by atoms with Crippen LogP contribution >= 0.6 is 23.7 Å². The first-order valence-corrected chi connectivity index (χ1v) is 9.33. The number of anilines is 1. The van der Waals surface area contributed by atoms with E-state index in [4.69, 9.17) is 5.73 Å². The Hall–Kier alpha value is -1.77.